The number of rotatable bonds is 4. The van der Waals surface area contributed by atoms with Crippen LogP contribution in [0.1, 0.15) is 106 Å². The molecule has 48 heavy (non-hydrogen) atoms. The third-order valence-electron chi connectivity index (χ3n) is 10.7. The van der Waals surface area contributed by atoms with Crippen LogP contribution in [-0.2, 0) is 20.7 Å². The maximum Gasteiger partial charge on any atom is 0.408 e. The number of alkyl carbamates (subject to hydrolysis) is 1. The number of aryl methyl sites for hydroxylation is 1. The highest BCUT2D eigenvalue weighted by molar-refractivity contribution is 5.95. The van der Waals surface area contributed by atoms with Crippen LogP contribution in [0, 0.1) is 17.3 Å². The van der Waals surface area contributed by atoms with E-state index in [0.717, 1.165) is 44.9 Å². The first-order chi connectivity index (χ1) is 22.6. The van der Waals surface area contributed by atoms with Gasteiger partial charge in [0, 0.05) is 12.0 Å². The quantitative estimate of drug-likeness (QED) is 0.380. The van der Waals surface area contributed by atoms with Gasteiger partial charge in [-0.25, -0.2) is 19.2 Å². The number of carbonyl (C=O) groups is 3. The average molecular weight is 669 g/mol. The number of benzene rings is 1. The SMILES string of the molecule is CCC1(F)C2CN(C(=O)C(C(C)(C)C)NC(=O)OC3(C)CCCC3CCCCCc3nc4ccc(OC)cc4nc3O2)C1C(=O)C(C)C. The molecule has 0 spiro atoms. The van der Waals surface area contributed by atoms with E-state index in [1.165, 1.54) is 4.90 Å². The minimum absolute atomic E-state index is 0.0792. The highest BCUT2D eigenvalue weighted by Crippen LogP contribution is 2.43. The summed E-state index contributed by atoms with van der Waals surface area (Å²) in [6.45, 7) is 12.3. The zero-order valence-electron chi connectivity index (χ0n) is 29.9. The Kier molecular flexibility index (Phi) is 10.3. The Labute approximate surface area is 283 Å². The Morgan fingerprint density at radius 1 is 1.12 bits per heavy atom. The molecule has 1 N–H and O–H groups in total. The van der Waals surface area contributed by atoms with Gasteiger partial charge in [-0.2, -0.15) is 0 Å². The van der Waals surface area contributed by atoms with E-state index in [2.05, 4.69) is 5.32 Å². The number of Topliss-reactive ketones (excluding diaryl/α,β-unsaturated/α-hetero) is 1. The summed E-state index contributed by atoms with van der Waals surface area (Å²) in [6.07, 6.45) is 4.86. The van der Waals surface area contributed by atoms with Gasteiger partial charge in [-0.05, 0) is 75.3 Å². The van der Waals surface area contributed by atoms with Crippen LogP contribution < -0.4 is 14.8 Å². The standard InChI is InChI=1S/C37H53FN4O6/c1-9-37(38)28-21-42(31(37)29(43)22(2)3)33(44)30(35(4,5)6)41-34(45)48-36(7)19-13-15-23(36)14-11-10-12-16-26-32(47-28)40-27-20-24(46-8)17-18-25(27)39-26/h17-18,20,22-23,28,30-31H,9-16,19,21H2,1-8H3,(H,41,45). The van der Waals surface area contributed by atoms with Gasteiger partial charge in [-0.15, -0.1) is 0 Å². The largest absolute Gasteiger partial charge is 0.497 e. The minimum Gasteiger partial charge on any atom is -0.497 e. The van der Waals surface area contributed by atoms with Gasteiger partial charge in [0.25, 0.3) is 0 Å². The number of alkyl halides is 1. The van der Waals surface area contributed by atoms with Crippen molar-refractivity contribution in [3.8, 4) is 11.6 Å². The summed E-state index contributed by atoms with van der Waals surface area (Å²) < 4.78 is 35.6. The van der Waals surface area contributed by atoms with Crippen LogP contribution in [0.5, 0.6) is 11.6 Å². The fourth-order valence-corrected chi connectivity index (χ4v) is 7.75. The number of nitrogens with zero attached hydrogens (tertiary/aromatic N) is 3. The van der Waals surface area contributed by atoms with Gasteiger partial charge in [0.1, 0.15) is 29.1 Å². The lowest BCUT2D eigenvalue weighted by Gasteiger charge is -2.38. The lowest BCUT2D eigenvalue weighted by molar-refractivity contribution is -0.145. The zero-order chi connectivity index (χ0) is 35.0. The predicted molar refractivity (Wildman–Crippen MR) is 181 cm³/mol. The zero-order valence-corrected chi connectivity index (χ0v) is 29.9. The summed E-state index contributed by atoms with van der Waals surface area (Å²) in [7, 11) is 1.57. The molecule has 11 heteroatoms. The van der Waals surface area contributed by atoms with Crippen LogP contribution in [0.2, 0.25) is 0 Å². The first-order valence-corrected chi connectivity index (χ1v) is 17.6. The molecule has 2 fully saturated rings. The average Bonchev–Trinajstić information content (AvgIpc) is 3.53. The summed E-state index contributed by atoms with van der Waals surface area (Å²) in [6, 6.07) is 2.92. The molecule has 3 heterocycles. The highest BCUT2D eigenvalue weighted by atomic mass is 19.1. The molecule has 2 amide bonds. The molecule has 1 aromatic heterocycles. The van der Waals surface area contributed by atoms with Crippen LogP contribution in [0.3, 0.4) is 0 Å². The molecule has 2 aliphatic heterocycles. The number of methoxy groups -OCH3 is 1. The number of nitrogens with one attached hydrogen (secondary N) is 1. The van der Waals surface area contributed by atoms with Gasteiger partial charge in [-0.3, -0.25) is 9.59 Å². The molecular formula is C37H53FN4O6. The van der Waals surface area contributed by atoms with Crippen LogP contribution >= 0.6 is 0 Å². The highest BCUT2D eigenvalue weighted by Gasteiger charge is 2.61. The molecule has 264 valence electrons. The molecule has 1 saturated heterocycles. The van der Waals surface area contributed by atoms with E-state index in [4.69, 9.17) is 24.2 Å². The first kappa shape index (κ1) is 35.8. The topological polar surface area (TPSA) is 120 Å². The molecule has 1 aromatic carbocycles. The van der Waals surface area contributed by atoms with Crippen molar-refractivity contribution in [2.45, 2.75) is 136 Å². The van der Waals surface area contributed by atoms with Crippen LogP contribution in [0.25, 0.3) is 11.0 Å². The Bertz CT molecular complexity index is 1530. The van der Waals surface area contributed by atoms with E-state index in [9.17, 15) is 14.4 Å². The van der Waals surface area contributed by atoms with Crippen molar-refractivity contribution in [2.75, 3.05) is 13.7 Å². The number of amides is 2. The molecule has 3 aliphatic rings. The molecule has 1 aliphatic carbocycles. The van der Waals surface area contributed by atoms with Crippen molar-refractivity contribution in [3.05, 3.63) is 23.9 Å². The summed E-state index contributed by atoms with van der Waals surface area (Å²) in [5.41, 5.74) is -1.85. The Hall–Kier alpha value is -3.50. The maximum atomic E-state index is 17.6. The third kappa shape index (κ3) is 6.97. The normalized spacial score (nSPS) is 30.5. The van der Waals surface area contributed by atoms with Gasteiger partial charge in [0.2, 0.25) is 11.8 Å². The van der Waals surface area contributed by atoms with Crippen molar-refractivity contribution in [3.63, 3.8) is 0 Å². The Morgan fingerprint density at radius 2 is 1.85 bits per heavy atom. The summed E-state index contributed by atoms with van der Waals surface area (Å²) >= 11 is 0. The number of fused-ring (bicyclic) bond motifs is 5. The van der Waals surface area contributed by atoms with Crippen molar-refractivity contribution < 1.29 is 33.0 Å². The van der Waals surface area contributed by atoms with Crippen molar-refractivity contribution in [2.24, 2.45) is 17.3 Å². The molecule has 6 unspecified atom stereocenters. The van der Waals surface area contributed by atoms with E-state index in [0.29, 0.717) is 28.9 Å². The van der Waals surface area contributed by atoms with Crippen LogP contribution in [0.15, 0.2) is 18.2 Å². The summed E-state index contributed by atoms with van der Waals surface area (Å²) in [5.74, 6) is -0.520. The van der Waals surface area contributed by atoms with E-state index in [-0.39, 0.29) is 24.8 Å². The number of hydrogen-bond acceptors (Lipinski definition) is 8. The molecule has 5 rings (SSSR count). The number of hydrogen-bond donors (Lipinski definition) is 1. The molecule has 2 aromatic rings. The lowest BCUT2D eigenvalue weighted by atomic mass is 9.83. The van der Waals surface area contributed by atoms with E-state index in [1.54, 1.807) is 33.9 Å². The molecule has 6 atom stereocenters. The molecule has 10 nitrogen and oxygen atoms in total. The van der Waals surface area contributed by atoms with Crippen molar-refractivity contribution in [1.82, 2.24) is 20.2 Å². The summed E-state index contributed by atoms with van der Waals surface area (Å²) in [5, 5.41) is 2.85. The van der Waals surface area contributed by atoms with Gasteiger partial charge in [0.05, 0.1) is 24.7 Å². The van der Waals surface area contributed by atoms with E-state index < -0.39 is 58.6 Å². The molecular weight excluding hydrogens is 615 g/mol. The second-order valence-electron chi connectivity index (χ2n) is 15.5. The number of aromatic nitrogens is 2. The van der Waals surface area contributed by atoms with Crippen molar-refractivity contribution in [1.29, 1.82) is 0 Å². The predicted octanol–water partition coefficient (Wildman–Crippen LogP) is 6.76. The van der Waals surface area contributed by atoms with Gasteiger partial charge in [0.15, 0.2) is 17.6 Å². The monoisotopic (exact) mass is 668 g/mol. The number of ether oxygens (including phenoxy) is 3. The lowest BCUT2D eigenvalue weighted by Crippen LogP contribution is -2.60. The number of carbonyl (C=O) groups excluding carboxylic acids is 3. The number of halogens is 1. The van der Waals surface area contributed by atoms with E-state index in [1.807, 2.05) is 39.8 Å². The number of ketones is 1. The minimum atomic E-state index is -2.23. The molecule has 1 saturated carbocycles. The van der Waals surface area contributed by atoms with Gasteiger partial charge >= 0.3 is 6.09 Å². The smallest absolute Gasteiger partial charge is 0.408 e. The fourth-order valence-electron chi connectivity index (χ4n) is 7.75. The Balaban J connectivity index is 1.62. The fraction of sp³-hybridized carbons (Fsp3) is 0.703. The van der Waals surface area contributed by atoms with E-state index >= 15 is 4.39 Å². The third-order valence-corrected chi connectivity index (χ3v) is 10.7. The second kappa shape index (κ2) is 13.8. The second-order valence-corrected chi connectivity index (χ2v) is 15.5. The molecule has 0 radical (unpaired) electrons. The Morgan fingerprint density at radius 3 is 2.52 bits per heavy atom. The van der Waals surface area contributed by atoms with Crippen LogP contribution in [0.4, 0.5) is 9.18 Å². The summed E-state index contributed by atoms with van der Waals surface area (Å²) in [4.78, 5) is 53.0. The van der Waals surface area contributed by atoms with Gasteiger partial charge in [-0.1, -0.05) is 54.4 Å². The van der Waals surface area contributed by atoms with Crippen molar-refractivity contribution >= 4 is 28.8 Å². The maximum absolute atomic E-state index is 17.6. The molecule has 2 bridgehead atoms. The first-order valence-electron chi connectivity index (χ1n) is 17.6. The van der Waals surface area contributed by atoms with Crippen LogP contribution in [-0.4, -0.2) is 75.8 Å². The van der Waals surface area contributed by atoms with Gasteiger partial charge < -0.3 is 24.4 Å².